The SMILES string of the molecule is CNCc1cc(S(=O)(=O)NC(C)c2nncn2C)c(Br)s1. The van der Waals surface area contributed by atoms with Crippen LogP contribution in [0.4, 0.5) is 0 Å². The number of hydrogen-bond acceptors (Lipinski definition) is 6. The molecule has 0 saturated carbocycles. The minimum atomic E-state index is -3.63. The molecule has 10 heteroatoms. The molecule has 116 valence electrons. The van der Waals surface area contributed by atoms with Crippen LogP contribution in [0.1, 0.15) is 23.7 Å². The molecule has 0 saturated heterocycles. The van der Waals surface area contributed by atoms with Crippen molar-refractivity contribution in [2.24, 2.45) is 7.05 Å². The van der Waals surface area contributed by atoms with Crippen LogP contribution >= 0.6 is 27.3 Å². The lowest BCUT2D eigenvalue weighted by Crippen LogP contribution is -2.28. The average Bonchev–Trinajstić information content (AvgIpc) is 2.96. The molecule has 1 atom stereocenters. The molecule has 2 heterocycles. The van der Waals surface area contributed by atoms with Crippen molar-refractivity contribution in [2.75, 3.05) is 7.05 Å². The van der Waals surface area contributed by atoms with Gasteiger partial charge >= 0.3 is 0 Å². The molecule has 0 aliphatic carbocycles. The Morgan fingerprint density at radius 3 is 2.81 bits per heavy atom. The molecule has 0 spiro atoms. The van der Waals surface area contributed by atoms with Crippen LogP contribution in [0, 0.1) is 0 Å². The molecule has 2 rings (SSSR count). The second kappa shape index (κ2) is 6.53. The molecule has 0 bridgehead atoms. The van der Waals surface area contributed by atoms with Crippen LogP contribution in [-0.2, 0) is 23.6 Å². The maximum atomic E-state index is 12.5. The summed E-state index contributed by atoms with van der Waals surface area (Å²) in [4.78, 5) is 1.18. The molecule has 21 heavy (non-hydrogen) atoms. The van der Waals surface area contributed by atoms with E-state index < -0.39 is 16.1 Å². The third kappa shape index (κ3) is 3.69. The van der Waals surface area contributed by atoms with Crippen LogP contribution in [0.5, 0.6) is 0 Å². The Kier molecular flexibility index (Phi) is 5.15. The van der Waals surface area contributed by atoms with Gasteiger partial charge in [0.2, 0.25) is 10.0 Å². The molecule has 0 aliphatic heterocycles. The number of hydrogen-bond donors (Lipinski definition) is 2. The van der Waals surface area contributed by atoms with Gasteiger partial charge in [-0.05, 0) is 36.0 Å². The molecule has 2 aromatic heterocycles. The van der Waals surface area contributed by atoms with E-state index in [2.05, 4.69) is 36.2 Å². The highest BCUT2D eigenvalue weighted by Crippen LogP contribution is 2.32. The first-order chi connectivity index (χ1) is 9.85. The molecular formula is C11H16BrN5O2S2. The van der Waals surface area contributed by atoms with Gasteiger partial charge in [-0.1, -0.05) is 0 Å². The summed E-state index contributed by atoms with van der Waals surface area (Å²) < 4.78 is 29.8. The topological polar surface area (TPSA) is 88.9 Å². The number of aryl methyl sites for hydroxylation is 1. The number of halogens is 1. The zero-order valence-electron chi connectivity index (χ0n) is 11.8. The summed E-state index contributed by atoms with van der Waals surface area (Å²) >= 11 is 4.71. The highest BCUT2D eigenvalue weighted by molar-refractivity contribution is 9.11. The van der Waals surface area contributed by atoms with Crippen molar-refractivity contribution in [1.29, 1.82) is 0 Å². The zero-order valence-corrected chi connectivity index (χ0v) is 15.0. The lowest BCUT2D eigenvalue weighted by atomic mass is 10.3. The fraction of sp³-hybridized carbons (Fsp3) is 0.455. The minimum absolute atomic E-state index is 0.242. The first-order valence-corrected chi connectivity index (χ1v) is 9.23. The summed E-state index contributed by atoms with van der Waals surface area (Å²) in [5, 5.41) is 10.7. The molecule has 2 N–H and O–H groups in total. The van der Waals surface area contributed by atoms with Gasteiger partial charge in [0.05, 0.1) is 9.83 Å². The fourth-order valence-corrected chi connectivity index (χ4v) is 5.77. The van der Waals surface area contributed by atoms with E-state index in [0.717, 1.165) is 4.88 Å². The number of sulfonamides is 1. The normalized spacial score (nSPS) is 13.5. The third-order valence-corrected chi connectivity index (χ3v) is 6.61. The van der Waals surface area contributed by atoms with Crippen molar-refractivity contribution in [3.63, 3.8) is 0 Å². The summed E-state index contributed by atoms with van der Waals surface area (Å²) in [6, 6.07) is 1.19. The Morgan fingerprint density at radius 2 is 2.24 bits per heavy atom. The molecule has 0 radical (unpaired) electrons. The predicted octanol–water partition coefficient (Wildman–Crippen LogP) is 1.40. The van der Waals surface area contributed by atoms with Gasteiger partial charge in [0.1, 0.15) is 17.0 Å². The summed E-state index contributed by atoms with van der Waals surface area (Å²) in [6.45, 7) is 2.36. The largest absolute Gasteiger partial charge is 0.319 e. The fourth-order valence-electron chi connectivity index (χ4n) is 1.88. The van der Waals surface area contributed by atoms with Crippen LogP contribution in [-0.4, -0.2) is 30.2 Å². The quantitative estimate of drug-likeness (QED) is 0.773. The van der Waals surface area contributed by atoms with Crippen molar-refractivity contribution in [1.82, 2.24) is 24.8 Å². The smallest absolute Gasteiger partial charge is 0.243 e. The Labute approximate surface area is 136 Å². The van der Waals surface area contributed by atoms with E-state index in [9.17, 15) is 8.42 Å². The Bertz CT molecular complexity index is 725. The Balaban J connectivity index is 2.24. The van der Waals surface area contributed by atoms with Crippen LogP contribution in [0.2, 0.25) is 0 Å². The maximum absolute atomic E-state index is 12.5. The van der Waals surface area contributed by atoms with Crippen molar-refractivity contribution >= 4 is 37.3 Å². The van der Waals surface area contributed by atoms with E-state index in [1.807, 2.05) is 7.05 Å². The van der Waals surface area contributed by atoms with Gasteiger partial charge in [-0.3, -0.25) is 0 Å². The molecule has 0 fully saturated rings. The summed E-state index contributed by atoms with van der Waals surface area (Å²) in [5.74, 6) is 0.556. The second-order valence-corrected chi connectivity index (χ2v) is 8.66. The number of aromatic nitrogens is 3. The summed E-state index contributed by atoms with van der Waals surface area (Å²) in [7, 11) is -0.0406. The molecule has 7 nitrogen and oxygen atoms in total. The predicted molar refractivity (Wildman–Crippen MR) is 84.5 cm³/mol. The van der Waals surface area contributed by atoms with E-state index in [-0.39, 0.29) is 4.90 Å². The zero-order chi connectivity index (χ0) is 15.6. The van der Waals surface area contributed by atoms with Gasteiger partial charge < -0.3 is 9.88 Å². The third-order valence-electron chi connectivity index (χ3n) is 2.81. The lowest BCUT2D eigenvalue weighted by Gasteiger charge is -2.12. The summed E-state index contributed by atoms with van der Waals surface area (Å²) in [6.07, 6.45) is 1.53. The van der Waals surface area contributed by atoms with Gasteiger partial charge in [-0.2, -0.15) is 0 Å². The Morgan fingerprint density at radius 1 is 1.52 bits per heavy atom. The highest BCUT2D eigenvalue weighted by atomic mass is 79.9. The van der Waals surface area contributed by atoms with Crippen LogP contribution in [0.25, 0.3) is 0 Å². The molecule has 1 unspecified atom stereocenters. The number of nitrogens with zero attached hydrogens (tertiary/aromatic N) is 3. The minimum Gasteiger partial charge on any atom is -0.319 e. The van der Waals surface area contributed by atoms with E-state index >= 15 is 0 Å². The first-order valence-electron chi connectivity index (χ1n) is 6.14. The highest BCUT2D eigenvalue weighted by Gasteiger charge is 2.25. The molecule has 2 aromatic rings. The van der Waals surface area contributed by atoms with Gasteiger partial charge in [-0.25, -0.2) is 13.1 Å². The van der Waals surface area contributed by atoms with Crippen molar-refractivity contribution in [3.8, 4) is 0 Å². The second-order valence-electron chi connectivity index (χ2n) is 4.52. The number of nitrogens with one attached hydrogen (secondary N) is 2. The average molecular weight is 394 g/mol. The van der Waals surface area contributed by atoms with Crippen molar-refractivity contribution in [3.05, 3.63) is 26.9 Å². The first kappa shape index (κ1) is 16.6. The van der Waals surface area contributed by atoms with E-state index in [1.54, 1.807) is 24.6 Å². The van der Waals surface area contributed by atoms with Gasteiger partial charge in [0, 0.05) is 18.5 Å². The molecular weight excluding hydrogens is 378 g/mol. The van der Waals surface area contributed by atoms with Gasteiger partial charge in [0.15, 0.2) is 0 Å². The van der Waals surface area contributed by atoms with E-state index in [1.165, 1.54) is 17.7 Å². The van der Waals surface area contributed by atoms with Gasteiger partial charge in [0.25, 0.3) is 0 Å². The van der Waals surface area contributed by atoms with Crippen LogP contribution < -0.4 is 10.0 Å². The number of thiophene rings is 1. The van der Waals surface area contributed by atoms with E-state index in [4.69, 9.17) is 0 Å². The maximum Gasteiger partial charge on any atom is 0.243 e. The lowest BCUT2D eigenvalue weighted by molar-refractivity contribution is 0.553. The molecule has 0 aromatic carbocycles. The molecule has 0 aliphatic rings. The van der Waals surface area contributed by atoms with Crippen LogP contribution in [0.3, 0.4) is 0 Å². The van der Waals surface area contributed by atoms with Gasteiger partial charge in [-0.15, -0.1) is 21.5 Å². The van der Waals surface area contributed by atoms with Crippen molar-refractivity contribution < 1.29 is 8.42 Å². The monoisotopic (exact) mass is 393 g/mol. The molecule has 0 amide bonds. The van der Waals surface area contributed by atoms with Crippen molar-refractivity contribution in [2.45, 2.75) is 24.4 Å². The number of rotatable bonds is 6. The summed E-state index contributed by atoms with van der Waals surface area (Å²) in [5.41, 5.74) is 0. The van der Waals surface area contributed by atoms with Crippen LogP contribution in [0.15, 0.2) is 21.1 Å². The standard InChI is InChI=1S/C11H16BrN5O2S2/c1-7(11-15-14-6-17(11)3)16-21(18,19)9-4-8(5-13-2)20-10(9)12/h4,6-7,13,16H,5H2,1-3H3. The Hall–Kier alpha value is -0.810. The van der Waals surface area contributed by atoms with E-state index in [0.29, 0.717) is 16.2 Å².